The molecule has 0 saturated carbocycles. The van der Waals surface area contributed by atoms with Gasteiger partial charge in [0.15, 0.2) is 0 Å². The zero-order valence-corrected chi connectivity index (χ0v) is 14.7. The third-order valence-electron chi connectivity index (χ3n) is 3.24. The second-order valence-electron chi connectivity index (χ2n) is 4.89. The fourth-order valence-electron chi connectivity index (χ4n) is 1.92. The molecule has 0 amide bonds. The minimum absolute atomic E-state index is 0.398. The van der Waals surface area contributed by atoms with E-state index < -0.39 is 10.0 Å². The molecule has 0 unspecified atom stereocenters. The molecule has 0 aliphatic carbocycles. The zero-order valence-electron chi connectivity index (χ0n) is 12.3. The van der Waals surface area contributed by atoms with E-state index in [1.54, 1.807) is 16.4 Å². The molecule has 0 radical (unpaired) electrons. The van der Waals surface area contributed by atoms with E-state index >= 15 is 0 Å². The topological polar surface area (TPSA) is 37.4 Å². The largest absolute Gasteiger partial charge is 0.243 e. The molecule has 0 spiro atoms. The van der Waals surface area contributed by atoms with Crippen molar-refractivity contribution >= 4 is 26.0 Å². The van der Waals surface area contributed by atoms with Crippen molar-refractivity contribution in [1.82, 2.24) is 4.31 Å². The number of nitrogens with zero attached hydrogens (tertiary/aromatic N) is 1. The maximum Gasteiger partial charge on any atom is 0.243 e. The van der Waals surface area contributed by atoms with Crippen molar-refractivity contribution in [3.8, 4) is 0 Å². The summed E-state index contributed by atoms with van der Waals surface area (Å²) in [6.07, 6.45) is 3.81. The summed E-state index contributed by atoms with van der Waals surface area (Å²) in [5.41, 5.74) is 1.08. The van der Waals surface area contributed by atoms with Crippen molar-refractivity contribution < 1.29 is 8.42 Å². The molecule has 0 bridgehead atoms. The molecule has 0 saturated heterocycles. The fourth-order valence-corrected chi connectivity index (χ4v) is 3.81. The summed E-state index contributed by atoms with van der Waals surface area (Å²) in [5, 5.41) is 0.739. The van der Waals surface area contributed by atoms with Gasteiger partial charge in [0.2, 0.25) is 10.0 Å². The number of sulfonamides is 1. The maximum absolute atomic E-state index is 12.7. The Labute approximate surface area is 131 Å². The SMILES string of the molecule is CCCCN(CCCC)S(=O)(=O)c1ccc(CBr)cc1. The van der Waals surface area contributed by atoms with Gasteiger partial charge in [-0.3, -0.25) is 0 Å². The summed E-state index contributed by atoms with van der Waals surface area (Å²) in [5.74, 6) is 0. The molecule has 0 fully saturated rings. The zero-order chi connectivity index (χ0) is 15.0. The lowest BCUT2D eigenvalue weighted by atomic mass is 10.2. The van der Waals surface area contributed by atoms with Gasteiger partial charge in [0.05, 0.1) is 4.90 Å². The van der Waals surface area contributed by atoms with E-state index in [4.69, 9.17) is 0 Å². The Hall–Kier alpha value is -0.390. The molecule has 3 nitrogen and oxygen atoms in total. The number of halogens is 1. The number of unbranched alkanes of at least 4 members (excludes halogenated alkanes) is 2. The molecule has 0 aliphatic rings. The molecule has 5 heteroatoms. The predicted octanol–water partition coefficient (Wildman–Crippen LogP) is 4.17. The van der Waals surface area contributed by atoms with Crippen molar-refractivity contribution in [1.29, 1.82) is 0 Å². The number of hydrogen-bond acceptors (Lipinski definition) is 2. The summed E-state index contributed by atoms with van der Waals surface area (Å²) in [4.78, 5) is 0.398. The van der Waals surface area contributed by atoms with Crippen LogP contribution in [0.3, 0.4) is 0 Å². The van der Waals surface area contributed by atoms with Crippen LogP contribution in [0.15, 0.2) is 29.2 Å². The Bertz CT molecular complexity index is 477. The molecule has 0 atom stereocenters. The van der Waals surface area contributed by atoms with E-state index in [-0.39, 0.29) is 0 Å². The van der Waals surface area contributed by atoms with Crippen LogP contribution in [0.4, 0.5) is 0 Å². The first-order valence-corrected chi connectivity index (χ1v) is 9.77. The monoisotopic (exact) mass is 361 g/mol. The Morgan fingerprint density at radius 3 is 1.90 bits per heavy atom. The van der Waals surface area contributed by atoms with Crippen molar-refractivity contribution in [3.63, 3.8) is 0 Å². The van der Waals surface area contributed by atoms with Gasteiger partial charge in [0.25, 0.3) is 0 Å². The highest BCUT2D eigenvalue weighted by molar-refractivity contribution is 9.08. The van der Waals surface area contributed by atoms with Gasteiger partial charge in [-0.1, -0.05) is 54.8 Å². The van der Waals surface area contributed by atoms with Gasteiger partial charge < -0.3 is 0 Å². The van der Waals surface area contributed by atoms with E-state index in [1.807, 2.05) is 12.1 Å². The smallest absolute Gasteiger partial charge is 0.207 e. The van der Waals surface area contributed by atoms with Crippen molar-refractivity contribution in [2.75, 3.05) is 13.1 Å². The molecule has 0 aliphatic heterocycles. The molecule has 0 N–H and O–H groups in total. The van der Waals surface area contributed by atoms with Gasteiger partial charge in [0.1, 0.15) is 0 Å². The van der Waals surface area contributed by atoms with E-state index in [0.29, 0.717) is 18.0 Å². The first kappa shape index (κ1) is 17.7. The van der Waals surface area contributed by atoms with Crippen molar-refractivity contribution in [2.45, 2.75) is 49.8 Å². The van der Waals surface area contributed by atoms with Crippen LogP contribution in [0, 0.1) is 0 Å². The minimum atomic E-state index is -3.35. The maximum atomic E-state index is 12.7. The van der Waals surface area contributed by atoms with Crippen molar-refractivity contribution in [2.24, 2.45) is 0 Å². The average molecular weight is 362 g/mol. The summed E-state index contributed by atoms with van der Waals surface area (Å²) >= 11 is 3.37. The Morgan fingerprint density at radius 1 is 1.00 bits per heavy atom. The molecule has 114 valence electrons. The Morgan fingerprint density at radius 2 is 1.50 bits per heavy atom. The normalized spacial score (nSPS) is 12.0. The second-order valence-corrected chi connectivity index (χ2v) is 7.39. The quantitative estimate of drug-likeness (QED) is 0.618. The second kappa shape index (κ2) is 8.80. The van der Waals surface area contributed by atoms with Crippen LogP contribution >= 0.6 is 15.9 Å². The van der Waals surface area contributed by atoms with E-state index in [1.165, 1.54) is 0 Å². The molecule has 20 heavy (non-hydrogen) atoms. The van der Waals surface area contributed by atoms with Crippen LogP contribution in [-0.4, -0.2) is 25.8 Å². The Balaban J connectivity index is 2.94. The lowest BCUT2D eigenvalue weighted by Gasteiger charge is -2.22. The standard InChI is InChI=1S/C15H24BrNO2S/c1-3-5-11-17(12-6-4-2)20(18,19)15-9-7-14(13-16)8-10-15/h7-10H,3-6,11-13H2,1-2H3. The first-order chi connectivity index (χ1) is 9.56. The van der Waals surface area contributed by atoms with Gasteiger partial charge in [-0.2, -0.15) is 4.31 Å². The van der Waals surface area contributed by atoms with Crippen LogP contribution in [0.25, 0.3) is 0 Å². The number of hydrogen-bond donors (Lipinski definition) is 0. The van der Waals surface area contributed by atoms with Gasteiger partial charge in [-0.15, -0.1) is 0 Å². The van der Waals surface area contributed by atoms with Crippen LogP contribution in [0.1, 0.15) is 45.1 Å². The average Bonchev–Trinajstić information content (AvgIpc) is 2.47. The first-order valence-electron chi connectivity index (χ1n) is 7.21. The summed E-state index contributed by atoms with van der Waals surface area (Å²) in [6.45, 7) is 5.38. The third-order valence-corrected chi connectivity index (χ3v) is 5.80. The molecule has 1 aromatic rings. The van der Waals surface area contributed by atoms with Crippen LogP contribution in [-0.2, 0) is 15.4 Å². The molecule has 1 rings (SSSR count). The molecular formula is C15H24BrNO2S. The minimum Gasteiger partial charge on any atom is -0.207 e. The molecule has 0 aromatic heterocycles. The molecule has 1 aromatic carbocycles. The number of rotatable bonds is 9. The van der Waals surface area contributed by atoms with Crippen molar-refractivity contribution in [3.05, 3.63) is 29.8 Å². The fraction of sp³-hybridized carbons (Fsp3) is 0.600. The van der Waals surface area contributed by atoms with Crippen LogP contribution in [0.2, 0.25) is 0 Å². The lowest BCUT2D eigenvalue weighted by molar-refractivity contribution is 0.395. The lowest BCUT2D eigenvalue weighted by Crippen LogP contribution is -2.33. The highest BCUT2D eigenvalue weighted by Crippen LogP contribution is 2.18. The summed E-state index contributed by atoms with van der Waals surface area (Å²) in [6, 6.07) is 7.13. The van der Waals surface area contributed by atoms with Gasteiger partial charge in [-0.05, 0) is 30.5 Å². The van der Waals surface area contributed by atoms with Crippen LogP contribution < -0.4 is 0 Å². The van der Waals surface area contributed by atoms with E-state index in [9.17, 15) is 8.42 Å². The Kier molecular flexibility index (Phi) is 7.77. The molecule has 0 heterocycles. The van der Waals surface area contributed by atoms with E-state index in [2.05, 4.69) is 29.8 Å². The highest BCUT2D eigenvalue weighted by Gasteiger charge is 2.23. The summed E-state index contributed by atoms with van der Waals surface area (Å²) < 4.78 is 26.9. The third kappa shape index (κ3) is 4.86. The predicted molar refractivity (Wildman–Crippen MR) is 87.6 cm³/mol. The molecular weight excluding hydrogens is 338 g/mol. The number of alkyl halides is 1. The van der Waals surface area contributed by atoms with E-state index in [0.717, 1.165) is 36.6 Å². The van der Waals surface area contributed by atoms with Gasteiger partial charge in [0, 0.05) is 18.4 Å². The van der Waals surface area contributed by atoms with Gasteiger partial charge >= 0.3 is 0 Å². The number of benzene rings is 1. The van der Waals surface area contributed by atoms with Crippen LogP contribution in [0.5, 0.6) is 0 Å². The van der Waals surface area contributed by atoms with Gasteiger partial charge in [-0.25, -0.2) is 8.42 Å². The summed E-state index contributed by atoms with van der Waals surface area (Å²) in [7, 11) is -3.35. The highest BCUT2D eigenvalue weighted by atomic mass is 79.9.